The van der Waals surface area contributed by atoms with E-state index in [-0.39, 0.29) is 0 Å². The van der Waals surface area contributed by atoms with Crippen molar-refractivity contribution in [3.63, 3.8) is 0 Å². The van der Waals surface area contributed by atoms with Crippen LogP contribution in [0.5, 0.6) is 0 Å². The predicted molar refractivity (Wildman–Crippen MR) is 75.4 cm³/mol. The second-order valence-corrected chi connectivity index (χ2v) is 6.01. The summed E-state index contributed by atoms with van der Waals surface area (Å²) in [6.07, 6.45) is 3.85. The molecular formula is C14H18N2OS. The zero-order chi connectivity index (χ0) is 12.5. The maximum Gasteiger partial charge on any atom is 0.227 e. The lowest BCUT2D eigenvalue weighted by molar-refractivity contribution is 0.407. The topological polar surface area (TPSA) is 29.3 Å². The molecule has 2 aromatic rings. The standard InChI is InChI=1S/C14H18N2OS/c1-10-11(2)18-9-12(10)13-8-14(17-15-13)16-6-4-3-5-7-16/h8-9H,3-7H2,1-2H3. The molecule has 0 bridgehead atoms. The summed E-state index contributed by atoms with van der Waals surface area (Å²) in [7, 11) is 0. The molecule has 1 aliphatic heterocycles. The van der Waals surface area contributed by atoms with Crippen LogP contribution in [0.2, 0.25) is 0 Å². The molecule has 0 aliphatic carbocycles. The minimum atomic E-state index is 0.924. The summed E-state index contributed by atoms with van der Waals surface area (Å²) in [4.78, 5) is 3.65. The lowest BCUT2D eigenvalue weighted by atomic mass is 10.1. The van der Waals surface area contributed by atoms with Crippen LogP contribution in [0.4, 0.5) is 5.88 Å². The Morgan fingerprint density at radius 2 is 2.00 bits per heavy atom. The molecule has 3 rings (SSSR count). The molecule has 0 aromatic carbocycles. The first kappa shape index (κ1) is 11.8. The zero-order valence-corrected chi connectivity index (χ0v) is 11.7. The van der Waals surface area contributed by atoms with E-state index in [1.807, 2.05) is 0 Å². The fourth-order valence-electron chi connectivity index (χ4n) is 2.42. The van der Waals surface area contributed by atoms with E-state index in [2.05, 4.69) is 35.4 Å². The van der Waals surface area contributed by atoms with Crippen molar-refractivity contribution in [2.45, 2.75) is 33.1 Å². The van der Waals surface area contributed by atoms with Gasteiger partial charge in [0.15, 0.2) is 0 Å². The molecule has 0 atom stereocenters. The van der Waals surface area contributed by atoms with Crippen LogP contribution in [0.1, 0.15) is 29.7 Å². The van der Waals surface area contributed by atoms with Gasteiger partial charge < -0.3 is 9.42 Å². The van der Waals surface area contributed by atoms with Crippen molar-refractivity contribution >= 4 is 17.2 Å². The minimum Gasteiger partial charge on any atom is -0.341 e. The molecule has 18 heavy (non-hydrogen) atoms. The number of thiophene rings is 1. The fraction of sp³-hybridized carbons (Fsp3) is 0.500. The molecule has 0 spiro atoms. The van der Waals surface area contributed by atoms with Crippen LogP contribution in [-0.2, 0) is 0 Å². The van der Waals surface area contributed by atoms with Gasteiger partial charge in [-0.05, 0) is 38.7 Å². The molecule has 1 fully saturated rings. The van der Waals surface area contributed by atoms with E-state index in [1.54, 1.807) is 11.3 Å². The molecule has 96 valence electrons. The second kappa shape index (κ2) is 4.76. The third-order valence-electron chi connectivity index (χ3n) is 3.73. The summed E-state index contributed by atoms with van der Waals surface area (Å²) in [5.41, 5.74) is 3.50. The summed E-state index contributed by atoms with van der Waals surface area (Å²) < 4.78 is 5.50. The minimum absolute atomic E-state index is 0.924. The molecule has 2 aromatic heterocycles. The molecule has 4 heteroatoms. The molecule has 1 saturated heterocycles. The van der Waals surface area contributed by atoms with E-state index in [1.165, 1.54) is 35.3 Å². The Labute approximate surface area is 111 Å². The van der Waals surface area contributed by atoms with E-state index in [9.17, 15) is 0 Å². The monoisotopic (exact) mass is 262 g/mol. The number of nitrogens with zero attached hydrogens (tertiary/aromatic N) is 2. The van der Waals surface area contributed by atoms with Gasteiger partial charge in [0.25, 0.3) is 0 Å². The van der Waals surface area contributed by atoms with Gasteiger partial charge in [-0.3, -0.25) is 0 Å². The Morgan fingerprint density at radius 1 is 1.22 bits per heavy atom. The molecule has 3 nitrogen and oxygen atoms in total. The van der Waals surface area contributed by atoms with Gasteiger partial charge in [0, 0.05) is 35.0 Å². The average Bonchev–Trinajstić information content (AvgIpc) is 3.00. The van der Waals surface area contributed by atoms with Crippen LogP contribution < -0.4 is 4.90 Å². The molecule has 0 saturated carbocycles. The molecule has 0 N–H and O–H groups in total. The Morgan fingerprint density at radius 3 is 2.67 bits per heavy atom. The van der Waals surface area contributed by atoms with Gasteiger partial charge in [-0.25, -0.2) is 0 Å². The zero-order valence-electron chi connectivity index (χ0n) is 10.9. The van der Waals surface area contributed by atoms with E-state index in [0.29, 0.717) is 0 Å². The predicted octanol–water partition coefficient (Wildman–Crippen LogP) is 4.01. The smallest absolute Gasteiger partial charge is 0.227 e. The van der Waals surface area contributed by atoms with Gasteiger partial charge in [0.2, 0.25) is 5.88 Å². The maximum atomic E-state index is 5.50. The first-order chi connectivity index (χ1) is 8.75. The molecule has 3 heterocycles. The third-order valence-corrected chi connectivity index (χ3v) is 4.74. The van der Waals surface area contributed by atoms with Gasteiger partial charge in [-0.2, -0.15) is 0 Å². The highest BCUT2D eigenvalue weighted by Crippen LogP contribution is 2.32. The van der Waals surface area contributed by atoms with Crippen LogP contribution in [0.15, 0.2) is 16.0 Å². The Bertz CT molecular complexity index is 538. The number of rotatable bonds is 2. The lowest BCUT2D eigenvalue weighted by Gasteiger charge is -2.25. The number of aromatic nitrogens is 1. The largest absolute Gasteiger partial charge is 0.341 e. The second-order valence-electron chi connectivity index (χ2n) is 4.93. The highest BCUT2D eigenvalue weighted by molar-refractivity contribution is 7.10. The van der Waals surface area contributed by atoms with Crippen molar-refractivity contribution in [2.24, 2.45) is 0 Å². The summed E-state index contributed by atoms with van der Waals surface area (Å²) in [5, 5.41) is 6.39. The quantitative estimate of drug-likeness (QED) is 0.819. The third kappa shape index (κ3) is 2.05. The van der Waals surface area contributed by atoms with Gasteiger partial charge >= 0.3 is 0 Å². The maximum absolute atomic E-state index is 5.50. The van der Waals surface area contributed by atoms with Crippen molar-refractivity contribution in [2.75, 3.05) is 18.0 Å². The van der Waals surface area contributed by atoms with E-state index in [4.69, 9.17) is 4.52 Å². The number of piperidine rings is 1. The van der Waals surface area contributed by atoms with Gasteiger partial charge in [0.1, 0.15) is 5.69 Å². The normalized spacial score (nSPS) is 16.2. The Hall–Kier alpha value is -1.29. The van der Waals surface area contributed by atoms with Gasteiger partial charge in [-0.1, -0.05) is 5.16 Å². The van der Waals surface area contributed by atoms with Crippen LogP contribution in [-0.4, -0.2) is 18.2 Å². The van der Waals surface area contributed by atoms with E-state index < -0.39 is 0 Å². The SMILES string of the molecule is Cc1scc(-c2cc(N3CCCCC3)on2)c1C. The van der Waals surface area contributed by atoms with Crippen LogP contribution >= 0.6 is 11.3 Å². The van der Waals surface area contributed by atoms with Crippen molar-refractivity contribution in [1.29, 1.82) is 0 Å². The Kier molecular flexibility index (Phi) is 3.12. The Balaban J connectivity index is 1.87. The van der Waals surface area contributed by atoms with Crippen molar-refractivity contribution in [3.05, 3.63) is 21.9 Å². The first-order valence-corrected chi connectivity index (χ1v) is 7.40. The first-order valence-electron chi connectivity index (χ1n) is 6.52. The van der Waals surface area contributed by atoms with Gasteiger partial charge in [0.05, 0.1) is 0 Å². The highest BCUT2D eigenvalue weighted by atomic mass is 32.1. The number of hydrogen-bond donors (Lipinski definition) is 0. The summed E-state index contributed by atoms with van der Waals surface area (Å²) in [6, 6.07) is 2.08. The van der Waals surface area contributed by atoms with Crippen molar-refractivity contribution in [3.8, 4) is 11.3 Å². The van der Waals surface area contributed by atoms with Crippen molar-refractivity contribution in [1.82, 2.24) is 5.16 Å². The fourth-order valence-corrected chi connectivity index (χ4v) is 3.30. The highest BCUT2D eigenvalue weighted by Gasteiger charge is 2.17. The summed E-state index contributed by atoms with van der Waals surface area (Å²) in [5.74, 6) is 0.924. The molecular weight excluding hydrogens is 244 g/mol. The number of aryl methyl sites for hydroxylation is 1. The number of anilines is 1. The molecule has 0 unspecified atom stereocenters. The van der Waals surface area contributed by atoms with E-state index >= 15 is 0 Å². The van der Waals surface area contributed by atoms with Gasteiger partial charge in [-0.15, -0.1) is 11.3 Å². The van der Waals surface area contributed by atoms with Crippen LogP contribution in [0.3, 0.4) is 0 Å². The molecule has 0 amide bonds. The van der Waals surface area contributed by atoms with E-state index in [0.717, 1.165) is 24.7 Å². The lowest BCUT2D eigenvalue weighted by Crippen LogP contribution is -2.28. The summed E-state index contributed by atoms with van der Waals surface area (Å²) >= 11 is 1.78. The van der Waals surface area contributed by atoms with Crippen LogP contribution in [0.25, 0.3) is 11.3 Å². The number of hydrogen-bond acceptors (Lipinski definition) is 4. The summed E-state index contributed by atoms with van der Waals surface area (Å²) in [6.45, 7) is 6.48. The van der Waals surface area contributed by atoms with Crippen molar-refractivity contribution < 1.29 is 4.52 Å². The van der Waals surface area contributed by atoms with Crippen LogP contribution in [0, 0.1) is 13.8 Å². The molecule has 0 radical (unpaired) electrons. The average molecular weight is 262 g/mol. The molecule has 1 aliphatic rings.